The molecule has 2 saturated carbocycles. The molecule has 0 aromatic heterocycles. The minimum atomic E-state index is -0.133. The van der Waals surface area contributed by atoms with E-state index in [-0.39, 0.29) is 41.5 Å². The summed E-state index contributed by atoms with van der Waals surface area (Å²) >= 11 is 0. The quantitative estimate of drug-likeness (QED) is 0.435. The fourth-order valence-electron chi connectivity index (χ4n) is 7.21. The zero-order chi connectivity index (χ0) is 23.9. The lowest BCUT2D eigenvalue weighted by Gasteiger charge is -2.51. The molecule has 6 atom stereocenters. The molecule has 7 nitrogen and oxygen atoms in total. The Morgan fingerprint density at radius 2 is 2.00 bits per heavy atom. The van der Waals surface area contributed by atoms with Gasteiger partial charge in [-0.15, -0.1) is 0 Å². The Kier molecular flexibility index (Phi) is 6.55. The number of methoxy groups -OCH3 is 2. The first kappa shape index (κ1) is 23.9. The van der Waals surface area contributed by atoms with Crippen molar-refractivity contribution in [3.63, 3.8) is 0 Å². The van der Waals surface area contributed by atoms with Gasteiger partial charge in [0.15, 0.2) is 11.5 Å². The highest BCUT2D eigenvalue weighted by Gasteiger charge is 2.65. The molecule has 1 spiro atoms. The number of aliphatic hydroxyl groups is 1. The van der Waals surface area contributed by atoms with Crippen molar-refractivity contribution in [3.05, 3.63) is 23.8 Å². The standard InChI is InChI=1S/C27H39NO6/c1-26-8-4-9-27(17-33-27)24(26)13-19-20(25(30)34-23(19)14-26)16-28(10-5-11-29)15-18-6-7-21(31-2)22(12-18)32-3/h6-7,12,19-20,23-24,29H,4-5,8-11,13-17H2,1-3H3/t19-,20+,23+,24+,26-,27-/m0/s1. The van der Waals surface area contributed by atoms with Crippen molar-refractivity contribution in [2.45, 2.75) is 63.7 Å². The van der Waals surface area contributed by atoms with Crippen LogP contribution in [0.5, 0.6) is 11.5 Å². The lowest BCUT2D eigenvalue weighted by atomic mass is 9.53. The van der Waals surface area contributed by atoms with E-state index >= 15 is 0 Å². The maximum absolute atomic E-state index is 13.1. The summed E-state index contributed by atoms with van der Waals surface area (Å²) in [6.07, 6.45) is 6.24. The Bertz CT molecular complexity index is 901. The van der Waals surface area contributed by atoms with Crippen LogP contribution in [0.25, 0.3) is 0 Å². The van der Waals surface area contributed by atoms with Crippen LogP contribution in [0.1, 0.15) is 51.0 Å². The van der Waals surface area contributed by atoms with Crippen molar-refractivity contribution in [1.29, 1.82) is 0 Å². The van der Waals surface area contributed by atoms with Crippen molar-refractivity contribution in [3.8, 4) is 11.5 Å². The van der Waals surface area contributed by atoms with E-state index in [9.17, 15) is 9.90 Å². The number of hydrogen-bond donors (Lipinski definition) is 1. The average Bonchev–Trinajstić information content (AvgIpc) is 3.53. The van der Waals surface area contributed by atoms with Gasteiger partial charge in [-0.1, -0.05) is 13.0 Å². The molecule has 1 aromatic rings. The third-order valence-electron chi connectivity index (χ3n) is 9.02. The van der Waals surface area contributed by atoms with Gasteiger partial charge in [0, 0.05) is 32.2 Å². The number of hydrogen-bond acceptors (Lipinski definition) is 7. The van der Waals surface area contributed by atoms with Crippen LogP contribution in [0.3, 0.4) is 0 Å². The summed E-state index contributed by atoms with van der Waals surface area (Å²) in [6, 6.07) is 5.94. The van der Waals surface area contributed by atoms with Crippen LogP contribution < -0.4 is 9.47 Å². The van der Waals surface area contributed by atoms with Crippen LogP contribution in [0.15, 0.2) is 18.2 Å². The Morgan fingerprint density at radius 1 is 1.21 bits per heavy atom. The maximum Gasteiger partial charge on any atom is 0.310 e. The van der Waals surface area contributed by atoms with Gasteiger partial charge in [0.25, 0.3) is 0 Å². The molecule has 34 heavy (non-hydrogen) atoms. The van der Waals surface area contributed by atoms with Gasteiger partial charge in [-0.25, -0.2) is 0 Å². The van der Waals surface area contributed by atoms with Gasteiger partial charge in [-0.3, -0.25) is 9.69 Å². The van der Waals surface area contributed by atoms with Crippen molar-refractivity contribution in [2.24, 2.45) is 23.2 Å². The van der Waals surface area contributed by atoms with Crippen LogP contribution in [0.2, 0.25) is 0 Å². The van der Waals surface area contributed by atoms with Crippen molar-refractivity contribution < 1.29 is 28.8 Å². The predicted molar refractivity (Wildman–Crippen MR) is 127 cm³/mol. The Labute approximate surface area is 202 Å². The lowest BCUT2D eigenvalue weighted by molar-refractivity contribution is -0.147. The molecule has 2 aliphatic heterocycles. The highest BCUT2D eigenvalue weighted by molar-refractivity contribution is 5.75. The summed E-state index contributed by atoms with van der Waals surface area (Å²) < 4.78 is 22.9. The number of aliphatic hydroxyl groups excluding tert-OH is 1. The first-order valence-electron chi connectivity index (χ1n) is 12.8. The fraction of sp³-hybridized carbons (Fsp3) is 0.741. The zero-order valence-corrected chi connectivity index (χ0v) is 20.8. The average molecular weight is 474 g/mol. The van der Waals surface area contributed by atoms with E-state index in [1.807, 2.05) is 18.2 Å². The number of epoxide rings is 1. The highest BCUT2D eigenvalue weighted by atomic mass is 16.6. The van der Waals surface area contributed by atoms with Gasteiger partial charge in [-0.05, 0) is 67.6 Å². The molecular formula is C27H39NO6. The monoisotopic (exact) mass is 473 g/mol. The Balaban J connectivity index is 1.33. The summed E-state index contributed by atoms with van der Waals surface area (Å²) in [7, 11) is 3.27. The first-order valence-corrected chi connectivity index (χ1v) is 12.8. The summed E-state index contributed by atoms with van der Waals surface area (Å²) in [6.45, 7) is 5.44. The summed E-state index contributed by atoms with van der Waals surface area (Å²) in [5.74, 6) is 1.97. The third-order valence-corrected chi connectivity index (χ3v) is 9.02. The van der Waals surface area contributed by atoms with Crippen LogP contribution in [0, 0.1) is 23.2 Å². The number of carbonyl (C=O) groups excluding carboxylic acids is 1. The smallest absolute Gasteiger partial charge is 0.310 e. The molecule has 7 heteroatoms. The van der Waals surface area contributed by atoms with Crippen LogP contribution in [0.4, 0.5) is 0 Å². The summed E-state index contributed by atoms with van der Waals surface area (Å²) in [4.78, 5) is 15.4. The predicted octanol–water partition coefficient (Wildman–Crippen LogP) is 3.42. The molecule has 2 heterocycles. The number of carbonyl (C=O) groups is 1. The number of ether oxygens (including phenoxy) is 4. The molecule has 4 fully saturated rings. The normalized spacial score (nSPS) is 36.2. The number of fused-ring (bicyclic) bond motifs is 3. The molecule has 5 rings (SSSR count). The molecule has 0 unspecified atom stereocenters. The van der Waals surface area contributed by atoms with E-state index in [2.05, 4.69) is 11.8 Å². The maximum atomic E-state index is 13.1. The molecule has 1 N–H and O–H groups in total. The number of benzene rings is 1. The molecule has 1 aromatic carbocycles. The van der Waals surface area contributed by atoms with Gasteiger partial charge < -0.3 is 24.1 Å². The molecule has 2 saturated heterocycles. The minimum Gasteiger partial charge on any atom is -0.493 e. The molecule has 0 radical (unpaired) electrons. The van der Waals surface area contributed by atoms with E-state index in [0.717, 1.165) is 38.0 Å². The van der Waals surface area contributed by atoms with Gasteiger partial charge in [-0.2, -0.15) is 0 Å². The van der Waals surface area contributed by atoms with Crippen LogP contribution in [-0.2, 0) is 20.8 Å². The summed E-state index contributed by atoms with van der Waals surface area (Å²) in [5, 5.41) is 9.49. The SMILES string of the molecule is COc1ccc(CN(CCCO)C[C@H]2C(=O)O[C@@H]3C[C@]4(C)CCC[C@]5(CO5)[C@@H]4C[C@H]32)cc1OC. The first-order chi connectivity index (χ1) is 16.4. The van der Waals surface area contributed by atoms with E-state index in [4.69, 9.17) is 18.9 Å². The zero-order valence-electron chi connectivity index (χ0n) is 20.8. The van der Waals surface area contributed by atoms with E-state index in [0.29, 0.717) is 36.9 Å². The Hall–Kier alpha value is -1.83. The highest BCUT2D eigenvalue weighted by Crippen LogP contribution is 2.62. The van der Waals surface area contributed by atoms with E-state index < -0.39 is 0 Å². The second-order valence-corrected chi connectivity index (χ2v) is 11.1. The fourth-order valence-corrected chi connectivity index (χ4v) is 7.21. The third kappa shape index (κ3) is 4.31. The van der Waals surface area contributed by atoms with Crippen molar-refractivity contribution in [2.75, 3.05) is 40.5 Å². The molecule has 4 aliphatic rings. The Morgan fingerprint density at radius 3 is 2.71 bits per heavy atom. The largest absolute Gasteiger partial charge is 0.493 e. The van der Waals surface area contributed by atoms with Crippen LogP contribution in [-0.4, -0.2) is 68.2 Å². The van der Waals surface area contributed by atoms with E-state index in [1.54, 1.807) is 14.2 Å². The topological polar surface area (TPSA) is 80.8 Å². The lowest BCUT2D eigenvalue weighted by Crippen LogP contribution is -2.51. The van der Waals surface area contributed by atoms with Gasteiger partial charge in [0.05, 0.1) is 32.3 Å². The van der Waals surface area contributed by atoms with Gasteiger partial charge in [0.2, 0.25) is 0 Å². The minimum absolute atomic E-state index is 0.0217. The van der Waals surface area contributed by atoms with Gasteiger partial charge in [0.1, 0.15) is 6.10 Å². The molecule has 188 valence electrons. The van der Waals surface area contributed by atoms with Gasteiger partial charge >= 0.3 is 5.97 Å². The van der Waals surface area contributed by atoms with E-state index in [1.165, 1.54) is 12.8 Å². The molecule has 0 amide bonds. The van der Waals surface area contributed by atoms with Crippen molar-refractivity contribution >= 4 is 5.97 Å². The second-order valence-electron chi connectivity index (χ2n) is 11.1. The number of rotatable bonds is 9. The molecule has 2 aliphatic carbocycles. The number of esters is 1. The van der Waals surface area contributed by atoms with Crippen molar-refractivity contribution in [1.82, 2.24) is 4.90 Å². The molecular weight excluding hydrogens is 434 g/mol. The van der Waals surface area contributed by atoms with Crippen LogP contribution >= 0.6 is 0 Å². The summed E-state index contributed by atoms with van der Waals surface area (Å²) in [5.41, 5.74) is 1.36. The second kappa shape index (κ2) is 9.32. The number of nitrogens with zero attached hydrogens (tertiary/aromatic N) is 1. The molecule has 0 bridgehead atoms.